The number of carbonyl (C=O) groups is 1. The van der Waals surface area contributed by atoms with Crippen LogP contribution in [0.1, 0.15) is 32.8 Å². The summed E-state index contributed by atoms with van der Waals surface area (Å²) >= 11 is 0. The second kappa shape index (κ2) is 6.52. The van der Waals surface area contributed by atoms with E-state index in [4.69, 9.17) is 9.47 Å². The molecule has 2 N–H and O–H groups in total. The molecule has 2 atom stereocenters. The average molecular weight is 310 g/mol. The number of carbonyl (C=O) groups excluding carboxylic acids is 1. The Morgan fingerprint density at radius 2 is 2.09 bits per heavy atom. The van der Waals surface area contributed by atoms with Gasteiger partial charge in [0, 0.05) is 18.6 Å². The highest BCUT2D eigenvalue weighted by Crippen LogP contribution is 2.23. The van der Waals surface area contributed by atoms with Crippen molar-refractivity contribution in [3.05, 3.63) is 29.6 Å². The maximum absolute atomic E-state index is 13.6. The van der Waals surface area contributed by atoms with Crippen LogP contribution in [-0.4, -0.2) is 30.9 Å². The summed E-state index contributed by atoms with van der Waals surface area (Å²) in [6.07, 6.45) is 0.440. The summed E-state index contributed by atoms with van der Waals surface area (Å²) in [5.41, 5.74) is 0.337. The molecule has 5 nitrogen and oxygen atoms in total. The number of amides is 1. The highest BCUT2D eigenvalue weighted by Gasteiger charge is 2.38. The van der Waals surface area contributed by atoms with Crippen LogP contribution in [0.3, 0.4) is 0 Å². The van der Waals surface area contributed by atoms with Crippen molar-refractivity contribution >= 4 is 6.09 Å². The van der Waals surface area contributed by atoms with Crippen molar-refractivity contribution in [3.63, 3.8) is 0 Å². The molecule has 1 aliphatic rings. The molecule has 1 amide bonds. The van der Waals surface area contributed by atoms with Crippen LogP contribution in [-0.2, 0) is 11.3 Å². The van der Waals surface area contributed by atoms with Crippen molar-refractivity contribution < 1.29 is 18.7 Å². The first kappa shape index (κ1) is 16.5. The zero-order chi connectivity index (χ0) is 16.3. The van der Waals surface area contributed by atoms with Gasteiger partial charge in [-0.05, 0) is 44.9 Å². The third kappa shape index (κ3) is 4.87. The van der Waals surface area contributed by atoms with Gasteiger partial charge in [-0.2, -0.15) is 0 Å². The molecule has 2 rings (SSSR count). The van der Waals surface area contributed by atoms with E-state index in [9.17, 15) is 9.18 Å². The minimum Gasteiger partial charge on any atom is -0.494 e. The van der Waals surface area contributed by atoms with E-state index in [1.54, 1.807) is 6.07 Å². The number of benzene rings is 1. The molecule has 1 aliphatic carbocycles. The minimum atomic E-state index is -0.497. The molecule has 0 saturated heterocycles. The van der Waals surface area contributed by atoms with Crippen molar-refractivity contribution in [1.82, 2.24) is 10.6 Å². The highest BCUT2D eigenvalue weighted by molar-refractivity contribution is 5.68. The number of halogens is 1. The van der Waals surface area contributed by atoms with Gasteiger partial charge in [-0.25, -0.2) is 9.18 Å². The predicted octanol–water partition coefficient (Wildman–Crippen LogP) is 2.59. The van der Waals surface area contributed by atoms with Gasteiger partial charge in [-0.15, -0.1) is 0 Å². The quantitative estimate of drug-likeness (QED) is 0.877. The number of rotatable bonds is 5. The van der Waals surface area contributed by atoms with E-state index in [0.29, 0.717) is 6.54 Å². The monoisotopic (exact) mass is 310 g/mol. The van der Waals surface area contributed by atoms with Gasteiger partial charge >= 0.3 is 6.09 Å². The van der Waals surface area contributed by atoms with Crippen LogP contribution in [0.4, 0.5) is 9.18 Å². The maximum Gasteiger partial charge on any atom is 0.407 e. The number of ether oxygens (including phenoxy) is 2. The van der Waals surface area contributed by atoms with E-state index in [1.165, 1.54) is 13.2 Å². The standard InChI is InChI=1S/C16H23FN2O3/c1-16(2,3)22-15(20)19-13-8-12(13)18-9-10-5-6-14(21-4)11(17)7-10/h5-7,12-13,18H,8-9H2,1-4H3,(H,19,20). The zero-order valence-electron chi connectivity index (χ0n) is 13.4. The maximum atomic E-state index is 13.6. The van der Waals surface area contributed by atoms with Crippen LogP contribution in [0, 0.1) is 5.82 Å². The number of alkyl carbamates (subject to hydrolysis) is 1. The Bertz CT molecular complexity index is 543. The van der Waals surface area contributed by atoms with E-state index in [2.05, 4.69) is 10.6 Å². The lowest BCUT2D eigenvalue weighted by atomic mass is 10.2. The summed E-state index contributed by atoms with van der Waals surface area (Å²) < 4.78 is 23.7. The van der Waals surface area contributed by atoms with Crippen LogP contribution in [0.25, 0.3) is 0 Å². The van der Waals surface area contributed by atoms with Crippen molar-refractivity contribution in [3.8, 4) is 5.75 Å². The first-order chi connectivity index (χ1) is 10.3. The van der Waals surface area contributed by atoms with E-state index < -0.39 is 11.7 Å². The molecule has 2 unspecified atom stereocenters. The molecule has 122 valence electrons. The summed E-state index contributed by atoms with van der Waals surface area (Å²) in [5, 5.41) is 6.09. The normalized spacial score (nSPS) is 20.4. The molecule has 0 aliphatic heterocycles. The van der Waals surface area contributed by atoms with Gasteiger partial charge in [0.25, 0.3) is 0 Å². The van der Waals surface area contributed by atoms with Crippen molar-refractivity contribution in [1.29, 1.82) is 0 Å². The van der Waals surface area contributed by atoms with Crippen LogP contribution >= 0.6 is 0 Å². The Balaban J connectivity index is 1.74. The first-order valence-corrected chi connectivity index (χ1v) is 7.34. The fourth-order valence-electron chi connectivity index (χ4n) is 2.11. The van der Waals surface area contributed by atoms with Gasteiger partial charge < -0.3 is 20.1 Å². The molecule has 0 spiro atoms. The summed E-state index contributed by atoms with van der Waals surface area (Å²) in [4.78, 5) is 11.6. The van der Waals surface area contributed by atoms with Crippen molar-refractivity contribution in [2.75, 3.05) is 7.11 Å². The average Bonchev–Trinajstić information content (AvgIpc) is 3.12. The molecule has 1 aromatic rings. The second-order valence-corrected chi connectivity index (χ2v) is 6.44. The Morgan fingerprint density at radius 1 is 1.36 bits per heavy atom. The van der Waals surface area contributed by atoms with Crippen LogP contribution < -0.4 is 15.4 Å². The molecular formula is C16H23FN2O3. The lowest BCUT2D eigenvalue weighted by Crippen LogP contribution is -2.36. The SMILES string of the molecule is COc1ccc(CNC2CC2NC(=O)OC(C)(C)C)cc1F. The molecule has 0 heterocycles. The van der Waals surface area contributed by atoms with Crippen LogP contribution in [0.2, 0.25) is 0 Å². The molecular weight excluding hydrogens is 287 g/mol. The van der Waals surface area contributed by atoms with Crippen molar-refractivity contribution in [2.24, 2.45) is 0 Å². The third-order valence-electron chi connectivity index (χ3n) is 3.28. The van der Waals surface area contributed by atoms with Gasteiger partial charge in [0.2, 0.25) is 0 Å². The van der Waals surface area contributed by atoms with E-state index in [0.717, 1.165) is 12.0 Å². The van der Waals surface area contributed by atoms with Gasteiger partial charge in [-0.1, -0.05) is 6.07 Å². The van der Waals surface area contributed by atoms with Gasteiger partial charge in [0.05, 0.1) is 7.11 Å². The molecule has 22 heavy (non-hydrogen) atoms. The Hall–Kier alpha value is -1.82. The third-order valence-corrected chi connectivity index (χ3v) is 3.28. The molecule has 6 heteroatoms. The lowest BCUT2D eigenvalue weighted by Gasteiger charge is -2.19. The number of nitrogens with one attached hydrogen (secondary N) is 2. The van der Waals surface area contributed by atoms with E-state index in [-0.39, 0.29) is 23.7 Å². The Labute approximate surface area is 130 Å². The number of hydrogen-bond acceptors (Lipinski definition) is 4. The van der Waals surface area contributed by atoms with Gasteiger partial charge in [0.15, 0.2) is 11.6 Å². The molecule has 1 saturated carbocycles. The minimum absolute atomic E-state index is 0.0675. The molecule has 0 bridgehead atoms. The largest absolute Gasteiger partial charge is 0.494 e. The molecule has 1 fully saturated rings. The summed E-state index contributed by atoms with van der Waals surface area (Å²) in [7, 11) is 1.44. The number of hydrogen-bond donors (Lipinski definition) is 2. The molecule has 0 aromatic heterocycles. The zero-order valence-corrected chi connectivity index (χ0v) is 13.4. The van der Waals surface area contributed by atoms with Crippen LogP contribution in [0.15, 0.2) is 18.2 Å². The fraction of sp³-hybridized carbons (Fsp3) is 0.562. The summed E-state index contributed by atoms with van der Waals surface area (Å²) in [5.74, 6) is -0.138. The molecule has 1 aromatic carbocycles. The second-order valence-electron chi connectivity index (χ2n) is 6.44. The lowest BCUT2D eigenvalue weighted by molar-refractivity contribution is 0.0522. The summed E-state index contributed by atoms with van der Waals surface area (Å²) in [6, 6.07) is 5.13. The van der Waals surface area contributed by atoms with E-state index >= 15 is 0 Å². The predicted molar refractivity (Wildman–Crippen MR) is 81.4 cm³/mol. The van der Waals surface area contributed by atoms with Crippen molar-refractivity contribution in [2.45, 2.75) is 51.4 Å². The van der Waals surface area contributed by atoms with E-state index in [1.807, 2.05) is 26.8 Å². The van der Waals surface area contributed by atoms with Gasteiger partial charge in [-0.3, -0.25) is 0 Å². The number of methoxy groups -OCH3 is 1. The topological polar surface area (TPSA) is 59.6 Å². The summed E-state index contributed by atoms with van der Waals surface area (Å²) in [6.45, 7) is 6.02. The molecule has 0 radical (unpaired) electrons. The van der Waals surface area contributed by atoms with Gasteiger partial charge in [0.1, 0.15) is 5.60 Å². The first-order valence-electron chi connectivity index (χ1n) is 7.34. The Morgan fingerprint density at radius 3 is 2.68 bits per heavy atom. The highest BCUT2D eigenvalue weighted by atomic mass is 19.1. The van der Waals surface area contributed by atoms with Crippen LogP contribution in [0.5, 0.6) is 5.75 Å². The fourth-order valence-corrected chi connectivity index (χ4v) is 2.11. The Kier molecular flexibility index (Phi) is 4.90. The smallest absolute Gasteiger partial charge is 0.407 e.